The van der Waals surface area contributed by atoms with Crippen molar-refractivity contribution in [2.24, 2.45) is 5.92 Å². The Bertz CT molecular complexity index is 314. The molecule has 15 heavy (non-hydrogen) atoms. The Morgan fingerprint density at radius 2 is 1.67 bits per heavy atom. The maximum atomic E-state index is 13.1. The summed E-state index contributed by atoms with van der Waals surface area (Å²) in [4.78, 5) is 0. The van der Waals surface area contributed by atoms with Gasteiger partial charge in [-0.25, -0.2) is 13.2 Å². The van der Waals surface area contributed by atoms with Crippen LogP contribution in [0.5, 0.6) is 0 Å². The molecule has 0 radical (unpaired) electrons. The van der Waals surface area contributed by atoms with Crippen molar-refractivity contribution in [2.75, 3.05) is 6.54 Å². The average Bonchev–Trinajstić information content (AvgIpc) is 2.08. The number of halogens is 3. The lowest BCUT2D eigenvalue weighted by molar-refractivity contribution is 0.494. The zero-order chi connectivity index (χ0) is 11.4. The fraction of sp³-hybridized carbons (Fsp3) is 0.455. The van der Waals surface area contributed by atoms with Crippen LogP contribution in [0.1, 0.15) is 19.4 Å². The van der Waals surface area contributed by atoms with Crippen LogP contribution in [0.2, 0.25) is 0 Å². The van der Waals surface area contributed by atoms with Crippen LogP contribution in [0.3, 0.4) is 0 Å². The molecule has 0 saturated carbocycles. The highest BCUT2D eigenvalue weighted by molar-refractivity contribution is 5.20. The minimum atomic E-state index is -0.891. The first kappa shape index (κ1) is 12.0. The fourth-order valence-electron chi connectivity index (χ4n) is 1.23. The molecule has 1 nitrogen and oxygen atoms in total. The van der Waals surface area contributed by atoms with E-state index >= 15 is 0 Å². The molecule has 0 unspecified atom stereocenters. The topological polar surface area (TPSA) is 12.0 Å². The van der Waals surface area contributed by atoms with E-state index in [0.29, 0.717) is 24.6 Å². The molecule has 84 valence electrons. The fourth-order valence-corrected chi connectivity index (χ4v) is 1.23. The molecule has 0 aliphatic rings. The summed E-state index contributed by atoms with van der Waals surface area (Å²) in [5.41, 5.74) is -0.114. The van der Waals surface area contributed by atoms with Gasteiger partial charge in [0.15, 0.2) is 0 Å². The monoisotopic (exact) mass is 217 g/mol. The van der Waals surface area contributed by atoms with Gasteiger partial charge < -0.3 is 5.32 Å². The summed E-state index contributed by atoms with van der Waals surface area (Å²) in [5.74, 6) is -2.18. The molecule has 0 saturated heterocycles. The van der Waals surface area contributed by atoms with Crippen molar-refractivity contribution in [3.05, 3.63) is 35.1 Å². The highest BCUT2D eigenvalue weighted by atomic mass is 19.1. The second-order valence-electron chi connectivity index (χ2n) is 3.87. The van der Waals surface area contributed by atoms with Crippen LogP contribution in [0.15, 0.2) is 12.1 Å². The van der Waals surface area contributed by atoms with E-state index in [1.54, 1.807) is 0 Å². The largest absolute Gasteiger partial charge is 0.312 e. The number of benzene rings is 1. The third-order valence-electron chi connectivity index (χ3n) is 1.96. The van der Waals surface area contributed by atoms with Crippen LogP contribution >= 0.6 is 0 Å². The quantitative estimate of drug-likeness (QED) is 0.817. The Hall–Kier alpha value is -1.03. The van der Waals surface area contributed by atoms with Gasteiger partial charge in [0.25, 0.3) is 0 Å². The molecule has 0 spiro atoms. The first-order chi connectivity index (χ1) is 7.00. The zero-order valence-electron chi connectivity index (χ0n) is 8.78. The molecular weight excluding hydrogens is 203 g/mol. The second kappa shape index (κ2) is 5.16. The van der Waals surface area contributed by atoms with Crippen LogP contribution in [0, 0.1) is 23.4 Å². The third kappa shape index (κ3) is 3.55. The zero-order valence-corrected chi connectivity index (χ0v) is 8.78. The lowest BCUT2D eigenvalue weighted by Gasteiger charge is -2.09. The number of rotatable bonds is 4. The van der Waals surface area contributed by atoms with Crippen molar-refractivity contribution in [3.8, 4) is 0 Å². The number of hydrogen-bond donors (Lipinski definition) is 1. The van der Waals surface area contributed by atoms with E-state index in [2.05, 4.69) is 5.32 Å². The molecule has 0 aliphatic carbocycles. The van der Waals surface area contributed by atoms with E-state index in [-0.39, 0.29) is 12.1 Å². The van der Waals surface area contributed by atoms with Gasteiger partial charge in [-0.05, 0) is 12.5 Å². The molecule has 0 aliphatic heterocycles. The second-order valence-corrected chi connectivity index (χ2v) is 3.87. The first-order valence-electron chi connectivity index (χ1n) is 4.85. The van der Waals surface area contributed by atoms with Gasteiger partial charge in [-0.2, -0.15) is 0 Å². The van der Waals surface area contributed by atoms with Gasteiger partial charge in [-0.1, -0.05) is 13.8 Å². The summed E-state index contributed by atoms with van der Waals surface area (Å²) in [6.07, 6.45) is 0. The van der Waals surface area contributed by atoms with Crippen molar-refractivity contribution >= 4 is 0 Å². The number of hydrogen-bond acceptors (Lipinski definition) is 1. The smallest absolute Gasteiger partial charge is 0.133 e. The highest BCUT2D eigenvalue weighted by Gasteiger charge is 2.10. The van der Waals surface area contributed by atoms with Crippen LogP contribution in [0.25, 0.3) is 0 Å². The van der Waals surface area contributed by atoms with E-state index in [1.807, 2.05) is 13.8 Å². The molecule has 1 N–H and O–H groups in total. The molecule has 0 bridgehead atoms. The Morgan fingerprint density at radius 1 is 1.13 bits per heavy atom. The molecule has 0 heterocycles. The summed E-state index contributed by atoms with van der Waals surface area (Å²) in [5, 5.41) is 2.90. The van der Waals surface area contributed by atoms with Gasteiger partial charge in [0, 0.05) is 24.2 Å². The SMILES string of the molecule is CC(C)CNCc1c(F)cc(F)cc1F. The summed E-state index contributed by atoms with van der Waals surface area (Å²) in [6.45, 7) is 4.72. The molecular formula is C11H14F3N. The Balaban J connectivity index is 2.68. The van der Waals surface area contributed by atoms with Crippen molar-refractivity contribution < 1.29 is 13.2 Å². The van der Waals surface area contributed by atoms with Gasteiger partial charge in [-0.3, -0.25) is 0 Å². The van der Waals surface area contributed by atoms with Crippen LogP contribution < -0.4 is 5.32 Å². The minimum Gasteiger partial charge on any atom is -0.312 e. The lowest BCUT2D eigenvalue weighted by Crippen LogP contribution is -2.20. The average molecular weight is 217 g/mol. The van der Waals surface area contributed by atoms with Crippen molar-refractivity contribution in [2.45, 2.75) is 20.4 Å². The van der Waals surface area contributed by atoms with E-state index < -0.39 is 17.5 Å². The van der Waals surface area contributed by atoms with Crippen LogP contribution in [-0.4, -0.2) is 6.54 Å². The normalized spacial score (nSPS) is 11.1. The predicted molar refractivity (Wildman–Crippen MR) is 52.9 cm³/mol. The molecule has 0 aromatic heterocycles. The van der Waals surface area contributed by atoms with Crippen LogP contribution in [0.4, 0.5) is 13.2 Å². The van der Waals surface area contributed by atoms with Crippen molar-refractivity contribution in [3.63, 3.8) is 0 Å². The number of nitrogens with one attached hydrogen (secondary N) is 1. The van der Waals surface area contributed by atoms with Gasteiger partial charge in [0.1, 0.15) is 17.5 Å². The van der Waals surface area contributed by atoms with Crippen LogP contribution in [-0.2, 0) is 6.54 Å². The minimum absolute atomic E-state index is 0.0795. The van der Waals surface area contributed by atoms with Gasteiger partial charge in [0.2, 0.25) is 0 Å². The van der Waals surface area contributed by atoms with Crippen molar-refractivity contribution in [1.82, 2.24) is 5.32 Å². The van der Waals surface area contributed by atoms with E-state index in [0.717, 1.165) is 0 Å². The standard InChI is InChI=1S/C11H14F3N/c1-7(2)5-15-6-9-10(13)3-8(12)4-11(9)14/h3-4,7,15H,5-6H2,1-2H3. The van der Waals surface area contributed by atoms with Gasteiger partial charge in [0.05, 0.1) is 0 Å². The summed E-state index contributed by atoms with van der Waals surface area (Å²) in [7, 11) is 0. The lowest BCUT2D eigenvalue weighted by atomic mass is 10.1. The Morgan fingerprint density at radius 3 is 2.13 bits per heavy atom. The highest BCUT2D eigenvalue weighted by Crippen LogP contribution is 2.14. The van der Waals surface area contributed by atoms with E-state index in [4.69, 9.17) is 0 Å². The summed E-state index contributed by atoms with van der Waals surface area (Å²) < 4.78 is 38.8. The molecule has 1 rings (SSSR count). The third-order valence-corrected chi connectivity index (χ3v) is 1.96. The van der Waals surface area contributed by atoms with E-state index in [9.17, 15) is 13.2 Å². The maximum Gasteiger partial charge on any atom is 0.133 e. The Labute approximate surface area is 87.3 Å². The molecule has 4 heteroatoms. The van der Waals surface area contributed by atoms with Crippen molar-refractivity contribution in [1.29, 1.82) is 0 Å². The van der Waals surface area contributed by atoms with Gasteiger partial charge >= 0.3 is 0 Å². The molecule has 1 aromatic rings. The molecule has 0 amide bonds. The maximum absolute atomic E-state index is 13.1. The first-order valence-corrected chi connectivity index (χ1v) is 4.85. The van der Waals surface area contributed by atoms with Gasteiger partial charge in [-0.15, -0.1) is 0 Å². The summed E-state index contributed by atoms with van der Waals surface area (Å²) >= 11 is 0. The molecule has 0 fully saturated rings. The van der Waals surface area contributed by atoms with E-state index in [1.165, 1.54) is 0 Å². The summed E-state index contributed by atoms with van der Waals surface area (Å²) in [6, 6.07) is 1.38. The molecule has 1 aromatic carbocycles. The molecule has 0 atom stereocenters. The Kier molecular flexibility index (Phi) is 4.15. The predicted octanol–water partition coefficient (Wildman–Crippen LogP) is 2.85.